The molecule has 0 atom stereocenters. The lowest BCUT2D eigenvalue weighted by Gasteiger charge is -2.07. The highest BCUT2D eigenvalue weighted by atomic mass is 79.9. The van der Waals surface area contributed by atoms with Crippen molar-refractivity contribution < 1.29 is 0 Å². The largest absolute Gasteiger partial charge is 0.127 e. The van der Waals surface area contributed by atoms with Crippen LogP contribution in [0.2, 0.25) is 0 Å². The lowest BCUT2D eigenvalue weighted by Crippen LogP contribution is -1.86. The summed E-state index contributed by atoms with van der Waals surface area (Å²) < 4.78 is 3.23. The molecule has 0 spiro atoms. The molecule has 0 amide bonds. The van der Waals surface area contributed by atoms with Crippen molar-refractivity contribution in [2.45, 2.75) is 18.2 Å². The summed E-state index contributed by atoms with van der Waals surface area (Å²) in [6.07, 6.45) is 3.09. The Balaban J connectivity index is 2.76. The Morgan fingerprint density at radius 1 is 1.32 bits per heavy atom. The molecule has 0 saturated heterocycles. The van der Waals surface area contributed by atoms with Crippen LogP contribution in [0.5, 0.6) is 0 Å². The smallest absolute Gasteiger partial charge is 0.0711 e. The predicted octanol–water partition coefficient (Wildman–Crippen LogP) is 6.88. The average molecular weight is 490 g/mol. The summed E-state index contributed by atoms with van der Waals surface area (Å²) >= 11 is 18.5. The van der Waals surface area contributed by atoms with Crippen molar-refractivity contribution in [2.24, 2.45) is 0 Å². The molecule has 0 aliphatic rings. The Morgan fingerprint density at radius 3 is 2.68 bits per heavy atom. The van der Waals surface area contributed by atoms with Crippen molar-refractivity contribution in [3.8, 4) is 22.3 Å². The highest BCUT2D eigenvalue weighted by Gasteiger charge is 2.14. The SMILES string of the molecule is CC/C=C(/Br)Sc1cc(C#CS)c2sc(Br)cc2c1C#CS. The first-order chi connectivity index (χ1) is 10.6. The van der Waals surface area contributed by atoms with Gasteiger partial charge in [-0.15, -0.1) is 11.3 Å². The van der Waals surface area contributed by atoms with Crippen molar-refractivity contribution in [1.82, 2.24) is 0 Å². The van der Waals surface area contributed by atoms with Gasteiger partial charge in [-0.3, -0.25) is 0 Å². The number of thioether (sulfide) groups is 1. The molecule has 0 nitrogen and oxygen atoms in total. The lowest BCUT2D eigenvalue weighted by molar-refractivity contribution is 1.23. The van der Waals surface area contributed by atoms with Gasteiger partial charge >= 0.3 is 0 Å². The molecule has 6 heteroatoms. The Kier molecular flexibility index (Phi) is 7.34. The van der Waals surface area contributed by atoms with E-state index in [1.54, 1.807) is 23.1 Å². The van der Waals surface area contributed by atoms with E-state index >= 15 is 0 Å². The van der Waals surface area contributed by atoms with E-state index in [0.717, 1.165) is 40.1 Å². The van der Waals surface area contributed by atoms with Gasteiger partial charge in [0.2, 0.25) is 0 Å². The minimum absolute atomic E-state index is 0.963. The maximum absolute atomic E-state index is 4.07. The van der Waals surface area contributed by atoms with E-state index in [-0.39, 0.29) is 0 Å². The lowest BCUT2D eigenvalue weighted by atomic mass is 10.1. The van der Waals surface area contributed by atoms with Crippen molar-refractivity contribution in [1.29, 1.82) is 0 Å². The first kappa shape index (κ1) is 18.4. The third kappa shape index (κ3) is 4.32. The van der Waals surface area contributed by atoms with Gasteiger partial charge < -0.3 is 0 Å². The first-order valence-corrected chi connectivity index (χ1v) is 10.3. The standard InChI is InChI=1S/C16H10Br2S4/c1-2-3-14(17)21-13-8-10(4-6-19)16-12(9-15(18)22-16)11(13)5-7-20/h3,8-9,19-20H,2H2,1H3/b14-3-. The first-order valence-electron chi connectivity index (χ1n) is 6.20. The number of rotatable bonds is 3. The van der Waals surface area contributed by atoms with Gasteiger partial charge in [0, 0.05) is 21.4 Å². The molecule has 1 aromatic heterocycles. The van der Waals surface area contributed by atoms with Crippen LogP contribution in [0.15, 0.2) is 30.7 Å². The van der Waals surface area contributed by atoms with Gasteiger partial charge in [-0.2, -0.15) is 0 Å². The highest BCUT2D eigenvalue weighted by molar-refractivity contribution is 9.14. The molecule has 1 aromatic carbocycles. The number of thiol groups is 2. The summed E-state index contributed by atoms with van der Waals surface area (Å²) in [5.41, 5.74) is 1.94. The Morgan fingerprint density at radius 2 is 2.05 bits per heavy atom. The molecule has 1 heterocycles. The molecule has 0 saturated carbocycles. The van der Waals surface area contributed by atoms with Crippen LogP contribution in [-0.4, -0.2) is 0 Å². The average Bonchev–Trinajstić information content (AvgIpc) is 2.85. The number of halogens is 2. The molecular weight excluding hydrogens is 480 g/mol. The van der Waals surface area contributed by atoms with Gasteiger partial charge in [-0.1, -0.05) is 61.9 Å². The zero-order chi connectivity index (χ0) is 16.1. The monoisotopic (exact) mass is 488 g/mol. The fourth-order valence-electron chi connectivity index (χ4n) is 1.87. The van der Waals surface area contributed by atoms with Gasteiger partial charge in [0.05, 0.1) is 12.3 Å². The van der Waals surface area contributed by atoms with Crippen molar-refractivity contribution >= 4 is 90.3 Å². The summed E-state index contributed by atoms with van der Waals surface area (Å²) in [6, 6.07) is 4.15. The fourth-order valence-corrected chi connectivity index (χ4v) is 5.43. The van der Waals surface area contributed by atoms with Crippen LogP contribution >= 0.6 is 80.2 Å². The van der Waals surface area contributed by atoms with E-state index in [1.165, 1.54) is 0 Å². The van der Waals surface area contributed by atoms with E-state index in [9.17, 15) is 0 Å². The molecule has 0 aliphatic carbocycles. The van der Waals surface area contributed by atoms with Crippen LogP contribution in [-0.2, 0) is 0 Å². The number of thiophene rings is 1. The summed E-state index contributed by atoms with van der Waals surface area (Å²) in [4.78, 5) is 1.06. The quantitative estimate of drug-likeness (QED) is 0.269. The van der Waals surface area contributed by atoms with E-state index < -0.39 is 0 Å². The second kappa shape index (κ2) is 8.78. The fraction of sp³-hybridized carbons (Fsp3) is 0.125. The van der Waals surface area contributed by atoms with Gasteiger partial charge in [0.15, 0.2) is 0 Å². The molecule has 0 fully saturated rings. The topological polar surface area (TPSA) is 0 Å². The molecule has 0 bridgehead atoms. The minimum atomic E-state index is 0.963. The second-order valence-corrected chi connectivity index (χ2v) is 9.42. The van der Waals surface area contributed by atoms with Crippen LogP contribution < -0.4 is 0 Å². The van der Waals surface area contributed by atoms with Crippen LogP contribution in [0.3, 0.4) is 0 Å². The van der Waals surface area contributed by atoms with Crippen LogP contribution in [0.25, 0.3) is 10.1 Å². The second-order valence-electron chi connectivity index (χ2n) is 4.08. The molecule has 0 unspecified atom stereocenters. The zero-order valence-corrected chi connectivity index (χ0v) is 18.0. The normalized spacial score (nSPS) is 10.9. The zero-order valence-electron chi connectivity index (χ0n) is 11.4. The van der Waals surface area contributed by atoms with E-state index in [0.29, 0.717) is 0 Å². The highest BCUT2D eigenvalue weighted by Crippen LogP contribution is 2.41. The Labute approximate surface area is 166 Å². The molecule has 0 aliphatic heterocycles. The minimum Gasteiger partial charge on any atom is -0.127 e. The van der Waals surface area contributed by atoms with Crippen molar-refractivity contribution in [3.05, 3.63) is 36.9 Å². The molecular formula is C16H10Br2S4. The molecule has 0 N–H and O–H groups in total. The van der Waals surface area contributed by atoms with Crippen LogP contribution in [0.4, 0.5) is 0 Å². The molecule has 0 radical (unpaired) electrons. The summed E-state index contributed by atoms with van der Waals surface area (Å²) in [6.45, 7) is 2.10. The van der Waals surface area contributed by atoms with Crippen molar-refractivity contribution in [3.63, 3.8) is 0 Å². The van der Waals surface area contributed by atoms with Gasteiger partial charge in [0.25, 0.3) is 0 Å². The number of allylic oxidation sites excluding steroid dienone is 1. The number of benzene rings is 1. The van der Waals surface area contributed by atoms with E-state index in [4.69, 9.17) is 0 Å². The molecule has 22 heavy (non-hydrogen) atoms. The van der Waals surface area contributed by atoms with E-state index in [1.807, 2.05) is 0 Å². The number of fused-ring (bicyclic) bond motifs is 1. The van der Waals surface area contributed by atoms with Gasteiger partial charge in [-0.05, 0) is 60.9 Å². The van der Waals surface area contributed by atoms with Gasteiger partial charge in [-0.25, -0.2) is 0 Å². The molecule has 112 valence electrons. The maximum atomic E-state index is 4.07. The van der Waals surface area contributed by atoms with Crippen LogP contribution in [0, 0.1) is 22.3 Å². The Bertz CT molecular complexity index is 857. The summed E-state index contributed by atoms with van der Waals surface area (Å²) in [5, 5.41) is 6.50. The molecule has 2 rings (SSSR count). The summed E-state index contributed by atoms with van der Waals surface area (Å²) in [5.74, 6) is 6.18. The third-order valence-electron chi connectivity index (χ3n) is 2.68. The Hall–Kier alpha value is 0.0500. The third-order valence-corrected chi connectivity index (χ3v) is 6.29. The number of hydrogen-bond donors (Lipinski definition) is 2. The number of hydrogen-bond acceptors (Lipinski definition) is 4. The van der Waals surface area contributed by atoms with E-state index in [2.05, 4.69) is 105 Å². The maximum Gasteiger partial charge on any atom is 0.0711 e. The van der Waals surface area contributed by atoms with Crippen LogP contribution in [0.1, 0.15) is 24.5 Å². The van der Waals surface area contributed by atoms with Gasteiger partial charge in [0.1, 0.15) is 0 Å². The summed E-state index contributed by atoms with van der Waals surface area (Å²) in [7, 11) is 0. The molecule has 2 aromatic rings. The van der Waals surface area contributed by atoms with Crippen molar-refractivity contribution in [2.75, 3.05) is 0 Å². The predicted molar refractivity (Wildman–Crippen MR) is 114 cm³/mol.